The summed E-state index contributed by atoms with van der Waals surface area (Å²) in [6.45, 7) is 2.91. The maximum atomic E-state index is 12.2. The number of carbonyl (C=O) groups excluding carboxylic acids is 2. The first-order valence-electron chi connectivity index (χ1n) is 5.74. The van der Waals surface area contributed by atoms with Gasteiger partial charge < -0.3 is 10.6 Å². The van der Waals surface area contributed by atoms with Crippen molar-refractivity contribution < 1.29 is 9.59 Å². The molecule has 4 nitrogen and oxygen atoms in total. The summed E-state index contributed by atoms with van der Waals surface area (Å²) in [4.78, 5) is 25.0. The minimum absolute atomic E-state index is 0.00887. The number of amides is 2. The average Bonchev–Trinajstić information content (AvgIpc) is 2.78. The van der Waals surface area contributed by atoms with Gasteiger partial charge in [-0.05, 0) is 26.2 Å². The molecule has 1 atom stereocenters. The van der Waals surface area contributed by atoms with Crippen molar-refractivity contribution in [1.82, 2.24) is 4.90 Å². The Morgan fingerprint density at radius 2 is 1.76 bits per heavy atom. The molecule has 2 aliphatic rings. The van der Waals surface area contributed by atoms with Gasteiger partial charge in [-0.3, -0.25) is 9.59 Å². The molecule has 1 heterocycles. The summed E-state index contributed by atoms with van der Waals surface area (Å²) >= 11 is 12.0. The van der Waals surface area contributed by atoms with Gasteiger partial charge in [-0.25, -0.2) is 0 Å². The normalized spacial score (nSPS) is 32.3. The van der Waals surface area contributed by atoms with E-state index in [0.29, 0.717) is 32.4 Å². The zero-order valence-electron chi connectivity index (χ0n) is 9.71. The summed E-state index contributed by atoms with van der Waals surface area (Å²) in [5.41, 5.74) is 4.59. The lowest BCUT2D eigenvalue weighted by Gasteiger charge is -2.32. The highest BCUT2D eigenvalue weighted by Gasteiger charge is 2.68. The number of primary amides is 1. The molecule has 2 rings (SSSR count). The van der Waals surface area contributed by atoms with Gasteiger partial charge in [0.2, 0.25) is 11.8 Å². The van der Waals surface area contributed by atoms with Crippen LogP contribution in [0.1, 0.15) is 26.2 Å². The van der Waals surface area contributed by atoms with E-state index in [2.05, 4.69) is 0 Å². The molecule has 0 bridgehead atoms. The Balaban J connectivity index is 1.94. The van der Waals surface area contributed by atoms with Crippen LogP contribution in [0.4, 0.5) is 0 Å². The highest BCUT2D eigenvalue weighted by molar-refractivity contribution is 6.53. The second-order valence-electron chi connectivity index (χ2n) is 5.18. The fourth-order valence-electron chi connectivity index (χ4n) is 2.35. The van der Waals surface area contributed by atoms with Crippen LogP contribution in [0.15, 0.2) is 0 Å². The van der Waals surface area contributed by atoms with Gasteiger partial charge >= 0.3 is 0 Å². The van der Waals surface area contributed by atoms with Gasteiger partial charge in [0.1, 0.15) is 4.33 Å². The zero-order valence-corrected chi connectivity index (χ0v) is 11.2. The molecule has 0 aromatic carbocycles. The number of carbonyl (C=O) groups is 2. The molecular formula is C11H16Cl2N2O2. The topological polar surface area (TPSA) is 63.4 Å². The van der Waals surface area contributed by atoms with Crippen molar-refractivity contribution in [2.24, 2.45) is 17.1 Å². The zero-order chi connectivity index (χ0) is 12.8. The maximum Gasteiger partial charge on any atom is 0.231 e. The summed E-state index contributed by atoms with van der Waals surface area (Å²) < 4.78 is -0.926. The molecule has 0 aromatic rings. The van der Waals surface area contributed by atoms with Crippen molar-refractivity contribution in [3.8, 4) is 0 Å². The minimum atomic E-state index is -0.926. The third-order valence-corrected chi connectivity index (χ3v) is 5.02. The van der Waals surface area contributed by atoms with Crippen molar-refractivity contribution in [3.05, 3.63) is 0 Å². The molecule has 0 spiro atoms. The Hall–Kier alpha value is -0.480. The molecule has 1 aliphatic heterocycles. The van der Waals surface area contributed by atoms with E-state index >= 15 is 0 Å². The van der Waals surface area contributed by atoms with Crippen molar-refractivity contribution >= 4 is 35.0 Å². The molecule has 0 aromatic heterocycles. The molecule has 2 amide bonds. The van der Waals surface area contributed by atoms with Gasteiger partial charge in [0, 0.05) is 19.0 Å². The number of nitrogens with zero attached hydrogens (tertiary/aromatic N) is 1. The third kappa shape index (κ3) is 2.13. The molecular weight excluding hydrogens is 263 g/mol. The van der Waals surface area contributed by atoms with Gasteiger partial charge in [-0.2, -0.15) is 0 Å². The number of hydrogen-bond donors (Lipinski definition) is 1. The monoisotopic (exact) mass is 278 g/mol. The quantitative estimate of drug-likeness (QED) is 0.774. The van der Waals surface area contributed by atoms with E-state index < -0.39 is 9.75 Å². The number of rotatable bonds is 2. The molecule has 2 fully saturated rings. The Morgan fingerprint density at radius 3 is 2.12 bits per heavy atom. The summed E-state index contributed by atoms with van der Waals surface area (Å²) in [5, 5.41) is 0. The summed E-state index contributed by atoms with van der Waals surface area (Å²) in [6.07, 6.45) is 1.77. The highest BCUT2D eigenvalue weighted by Crippen LogP contribution is 2.64. The molecule has 2 N–H and O–H groups in total. The van der Waals surface area contributed by atoms with Crippen molar-refractivity contribution in [3.63, 3.8) is 0 Å². The lowest BCUT2D eigenvalue weighted by molar-refractivity contribution is -0.139. The smallest absolute Gasteiger partial charge is 0.231 e. The number of nitrogens with two attached hydrogens (primary N) is 1. The number of piperidine rings is 1. The fraction of sp³-hybridized carbons (Fsp3) is 0.818. The predicted molar refractivity (Wildman–Crippen MR) is 65.7 cm³/mol. The predicted octanol–water partition coefficient (Wildman–Crippen LogP) is 1.29. The van der Waals surface area contributed by atoms with Crippen LogP contribution in [-0.4, -0.2) is 34.1 Å². The van der Waals surface area contributed by atoms with Gasteiger partial charge in [0.05, 0.1) is 5.41 Å². The largest absolute Gasteiger partial charge is 0.369 e. The van der Waals surface area contributed by atoms with E-state index in [-0.39, 0.29) is 17.7 Å². The lowest BCUT2D eigenvalue weighted by atomic mass is 9.95. The van der Waals surface area contributed by atoms with E-state index in [1.807, 2.05) is 0 Å². The van der Waals surface area contributed by atoms with Crippen molar-refractivity contribution in [1.29, 1.82) is 0 Å². The maximum absolute atomic E-state index is 12.2. The Labute approximate surface area is 110 Å². The van der Waals surface area contributed by atoms with E-state index in [4.69, 9.17) is 28.9 Å². The van der Waals surface area contributed by atoms with Crippen LogP contribution in [0.3, 0.4) is 0 Å². The standard InChI is InChI=1S/C11H16Cl2N2O2/c1-10(6-11(10,12)13)9(17)15-4-2-7(3-5-15)8(14)16/h7H,2-6H2,1H3,(H2,14,16)/t10-/m0/s1. The highest BCUT2D eigenvalue weighted by atomic mass is 35.5. The molecule has 0 unspecified atom stereocenters. The Morgan fingerprint density at radius 1 is 1.29 bits per heavy atom. The summed E-state index contributed by atoms with van der Waals surface area (Å²) in [5.74, 6) is -0.396. The van der Waals surface area contributed by atoms with Crippen LogP contribution in [0.25, 0.3) is 0 Å². The van der Waals surface area contributed by atoms with Crippen molar-refractivity contribution in [2.45, 2.75) is 30.5 Å². The van der Waals surface area contributed by atoms with Crippen LogP contribution in [0.2, 0.25) is 0 Å². The summed E-state index contributed by atoms with van der Waals surface area (Å²) in [7, 11) is 0. The minimum Gasteiger partial charge on any atom is -0.369 e. The Kier molecular flexibility index (Phi) is 3.07. The molecule has 96 valence electrons. The van der Waals surface area contributed by atoms with Crippen LogP contribution in [0, 0.1) is 11.3 Å². The molecule has 1 aliphatic carbocycles. The molecule has 1 saturated heterocycles. The van der Waals surface area contributed by atoms with Gasteiger partial charge in [0.25, 0.3) is 0 Å². The molecule has 17 heavy (non-hydrogen) atoms. The van der Waals surface area contributed by atoms with E-state index in [1.165, 1.54) is 0 Å². The first kappa shape index (κ1) is 13.0. The van der Waals surface area contributed by atoms with Crippen LogP contribution < -0.4 is 5.73 Å². The second-order valence-corrected chi connectivity index (χ2v) is 6.67. The van der Waals surface area contributed by atoms with E-state index in [1.54, 1.807) is 11.8 Å². The van der Waals surface area contributed by atoms with Crippen molar-refractivity contribution in [2.75, 3.05) is 13.1 Å². The number of halogens is 2. The van der Waals surface area contributed by atoms with Crippen LogP contribution in [-0.2, 0) is 9.59 Å². The molecule has 6 heteroatoms. The number of alkyl halides is 2. The summed E-state index contributed by atoms with van der Waals surface area (Å²) in [6, 6.07) is 0. The molecule has 1 saturated carbocycles. The number of likely N-dealkylation sites (tertiary alicyclic amines) is 1. The lowest BCUT2D eigenvalue weighted by Crippen LogP contribution is -2.45. The molecule has 0 radical (unpaired) electrons. The average molecular weight is 279 g/mol. The SMILES string of the molecule is C[C@@]1(C(=O)N2CCC(C(N)=O)CC2)CC1(Cl)Cl. The fourth-order valence-corrected chi connectivity index (χ4v) is 3.04. The van der Waals surface area contributed by atoms with Gasteiger partial charge in [0.15, 0.2) is 0 Å². The first-order valence-corrected chi connectivity index (χ1v) is 6.50. The van der Waals surface area contributed by atoms with E-state index in [9.17, 15) is 9.59 Å². The Bertz CT molecular complexity index is 364. The van der Waals surface area contributed by atoms with Crippen LogP contribution in [0.5, 0.6) is 0 Å². The van der Waals surface area contributed by atoms with E-state index in [0.717, 1.165) is 0 Å². The second kappa shape index (κ2) is 4.02. The third-order valence-electron chi connectivity index (χ3n) is 3.91. The number of hydrogen-bond acceptors (Lipinski definition) is 2. The first-order chi connectivity index (χ1) is 7.78. The van der Waals surface area contributed by atoms with Crippen LogP contribution >= 0.6 is 23.2 Å². The van der Waals surface area contributed by atoms with Gasteiger partial charge in [-0.15, -0.1) is 23.2 Å². The van der Waals surface area contributed by atoms with Gasteiger partial charge in [-0.1, -0.05) is 0 Å².